The van der Waals surface area contributed by atoms with Crippen LogP contribution in [-0.2, 0) is 9.53 Å². The smallest absolute Gasteiger partial charge is 0.339 e. The molecule has 96 valence electrons. The summed E-state index contributed by atoms with van der Waals surface area (Å²) in [5, 5.41) is 11.5. The third kappa shape index (κ3) is 2.33. The van der Waals surface area contributed by atoms with Crippen LogP contribution in [0.25, 0.3) is 0 Å². The van der Waals surface area contributed by atoms with Crippen LogP contribution in [0, 0.1) is 0 Å². The first kappa shape index (κ1) is 12.5. The summed E-state index contributed by atoms with van der Waals surface area (Å²) in [7, 11) is 0. The van der Waals surface area contributed by atoms with Gasteiger partial charge in [-0.2, -0.15) is 0 Å². The van der Waals surface area contributed by atoms with E-state index in [-0.39, 0.29) is 17.3 Å². The lowest BCUT2D eigenvalue weighted by molar-refractivity contribution is -0.133. The first-order valence-corrected chi connectivity index (χ1v) is 5.67. The zero-order valence-corrected chi connectivity index (χ0v) is 9.97. The van der Waals surface area contributed by atoms with Gasteiger partial charge in [0.2, 0.25) is 0 Å². The number of carboxylic acid groups (broad SMARTS) is 1. The highest BCUT2D eigenvalue weighted by Gasteiger charge is 2.38. The Balaban J connectivity index is 2.19. The largest absolute Gasteiger partial charge is 0.478 e. The zero-order chi connectivity index (χ0) is 13.2. The van der Waals surface area contributed by atoms with E-state index in [1.54, 1.807) is 6.92 Å². The lowest BCUT2D eigenvalue weighted by Gasteiger charge is -2.21. The van der Waals surface area contributed by atoms with Gasteiger partial charge in [0.25, 0.3) is 5.91 Å². The number of amides is 1. The number of aromatic nitrogens is 1. The van der Waals surface area contributed by atoms with Crippen LogP contribution < -0.4 is 5.32 Å². The van der Waals surface area contributed by atoms with Crippen molar-refractivity contribution in [2.45, 2.75) is 25.4 Å². The van der Waals surface area contributed by atoms with Gasteiger partial charge in [0.15, 0.2) is 0 Å². The summed E-state index contributed by atoms with van der Waals surface area (Å²) in [6.45, 7) is 2.23. The maximum Gasteiger partial charge on any atom is 0.339 e. The van der Waals surface area contributed by atoms with Crippen molar-refractivity contribution in [3.63, 3.8) is 0 Å². The molecule has 1 saturated heterocycles. The summed E-state index contributed by atoms with van der Waals surface area (Å²) >= 11 is 0. The molecule has 0 spiro atoms. The number of aromatic carboxylic acids is 1. The standard InChI is InChI=1S/C12H14N2O4/c1-12(5-3-7-18-12)11(17)14-9-8(10(15)16)4-2-6-13-9/h2,4,6H,3,5,7H2,1H3,(H,15,16)(H,13,14,17). The maximum atomic E-state index is 12.0. The number of hydrogen-bond donors (Lipinski definition) is 2. The Bertz CT molecular complexity index is 481. The van der Waals surface area contributed by atoms with E-state index in [1.807, 2.05) is 0 Å². The van der Waals surface area contributed by atoms with Crippen molar-refractivity contribution in [2.24, 2.45) is 0 Å². The summed E-state index contributed by atoms with van der Waals surface area (Å²) in [6.07, 6.45) is 2.87. The van der Waals surface area contributed by atoms with E-state index in [9.17, 15) is 9.59 Å². The van der Waals surface area contributed by atoms with Crippen molar-refractivity contribution in [3.05, 3.63) is 23.9 Å². The lowest BCUT2D eigenvalue weighted by atomic mass is 10.0. The van der Waals surface area contributed by atoms with E-state index in [4.69, 9.17) is 9.84 Å². The molecule has 0 aromatic carbocycles. The van der Waals surface area contributed by atoms with E-state index in [0.717, 1.165) is 6.42 Å². The number of carbonyl (C=O) groups excluding carboxylic acids is 1. The van der Waals surface area contributed by atoms with Crippen LogP contribution in [-0.4, -0.2) is 34.2 Å². The Morgan fingerprint density at radius 2 is 2.33 bits per heavy atom. The highest BCUT2D eigenvalue weighted by atomic mass is 16.5. The molecule has 6 heteroatoms. The molecule has 0 radical (unpaired) electrons. The van der Waals surface area contributed by atoms with Crippen molar-refractivity contribution in [1.29, 1.82) is 0 Å². The monoisotopic (exact) mass is 250 g/mol. The molecule has 2 rings (SSSR count). The Kier molecular flexibility index (Phi) is 3.29. The normalized spacial score (nSPS) is 22.7. The first-order valence-electron chi connectivity index (χ1n) is 5.67. The molecule has 1 unspecified atom stereocenters. The summed E-state index contributed by atoms with van der Waals surface area (Å²) in [5.41, 5.74) is -0.930. The number of nitrogens with one attached hydrogen (secondary N) is 1. The third-order valence-corrected chi connectivity index (χ3v) is 2.97. The molecule has 1 aromatic rings. The van der Waals surface area contributed by atoms with Gasteiger partial charge < -0.3 is 15.2 Å². The molecule has 1 fully saturated rings. The lowest BCUT2D eigenvalue weighted by Crippen LogP contribution is -2.39. The number of carboxylic acids is 1. The molecule has 2 N–H and O–H groups in total. The van der Waals surface area contributed by atoms with Crippen LogP contribution >= 0.6 is 0 Å². The van der Waals surface area contributed by atoms with Gasteiger partial charge >= 0.3 is 5.97 Å². The number of pyridine rings is 1. The number of ether oxygens (including phenoxy) is 1. The molecular weight excluding hydrogens is 236 g/mol. The fourth-order valence-corrected chi connectivity index (χ4v) is 1.88. The Labute approximate surface area is 104 Å². The maximum absolute atomic E-state index is 12.0. The molecule has 0 bridgehead atoms. The quantitative estimate of drug-likeness (QED) is 0.843. The summed E-state index contributed by atoms with van der Waals surface area (Å²) < 4.78 is 5.39. The van der Waals surface area contributed by atoms with Gasteiger partial charge in [0.05, 0.1) is 0 Å². The summed E-state index contributed by atoms with van der Waals surface area (Å²) in [5.74, 6) is -1.44. The van der Waals surface area contributed by atoms with Gasteiger partial charge in [-0.15, -0.1) is 0 Å². The van der Waals surface area contributed by atoms with Crippen LogP contribution in [0.1, 0.15) is 30.1 Å². The minimum Gasteiger partial charge on any atom is -0.478 e. The molecule has 2 heterocycles. The fourth-order valence-electron chi connectivity index (χ4n) is 1.88. The van der Waals surface area contributed by atoms with Crippen molar-refractivity contribution >= 4 is 17.7 Å². The number of rotatable bonds is 3. The predicted octanol–water partition coefficient (Wildman–Crippen LogP) is 1.29. The van der Waals surface area contributed by atoms with Crippen LogP contribution in [0.3, 0.4) is 0 Å². The van der Waals surface area contributed by atoms with Gasteiger partial charge in [0, 0.05) is 12.8 Å². The Morgan fingerprint density at radius 3 is 2.94 bits per heavy atom. The fraction of sp³-hybridized carbons (Fsp3) is 0.417. The van der Waals surface area contributed by atoms with Crippen LogP contribution in [0.4, 0.5) is 5.82 Å². The highest BCUT2D eigenvalue weighted by Crippen LogP contribution is 2.26. The Morgan fingerprint density at radius 1 is 1.56 bits per heavy atom. The van der Waals surface area contributed by atoms with Crippen LogP contribution in [0.2, 0.25) is 0 Å². The number of hydrogen-bond acceptors (Lipinski definition) is 4. The second-order valence-corrected chi connectivity index (χ2v) is 4.34. The van der Waals surface area contributed by atoms with Gasteiger partial charge in [-0.05, 0) is 31.9 Å². The number of carbonyl (C=O) groups is 2. The molecule has 0 saturated carbocycles. The summed E-state index contributed by atoms with van der Waals surface area (Å²) in [6, 6.07) is 2.90. The van der Waals surface area contributed by atoms with Gasteiger partial charge in [-0.25, -0.2) is 9.78 Å². The van der Waals surface area contributed by atoms with E-state index in [1.165, 1.54) is 18.3 Å². The molecule has 6 nitrogen and oxygen atoms in total. The predicted molar refractivity (Wildman–Crippen MR) is 63.4 cm³/mol. The van der Waals surface area contributed by atoms with Crippen molar-refractivity contribution in [1.82, 2.24) is 4.98 Å². The molecular formula is C12H14N2O4. The zero-order valence-electron chi connectivity index (χ0n) is 9.97. The van der Waals surface area contributed by atoms with Crippen molar-refractivity contribution < 1.29 is 19.4 Å². The average Bonchev–Trinajstić information content (AvgIpc) is 2.78. The first-order chi connectivity index (χ1) is 8.53. The molecule has 1 atom stereocenters. The number of nitrogens with zero attached hydrogens (tertiary/aromatic N) is 1. The molecule has 1 aliphatic rings. The van der Waals surface area contributed by atoms with Gasteiger partial charge in [-0.1, -0.05) is 0 Å². The van der Waals surface area contributed by atoms with Crippen LogP contribution in [0.5, 0.6) is 0 Å². The van der Waals surface area contributed by atoms with E-state index in [2.05, 4.69) is 10.3 Å². The van der Waals surface area contributed by atoms with E-state index < -0.39 is 11.6 Å². The highest BCUT2D eigenvalue weighted by molar-refractivity contribution is 6.02. The molecule has 1 aliphatic heterocycles. The van der Waals surface area contributed by atoms with E-state index >= 15 is 0 Å². The SMILES string of the molecule is CC1(C(=O)Nc2ncccc2C(=O)O)CCCO1. The minimum absolute atomic E-state index is 0.0348. The van der Waals surface area contributed by atoms with Crippen molar-refractivity contribution in [3.8, 4) is 0 Å². The Hall–Kier alpha value is -1.95. The molecule has 1 aromatic heterocycles. The minimum atomic E-state index is -1.13. The van der Waals surface area contributed by atoms with E-state index in [0.29, 0.717) is 13.0 Å². The molecule has 18 heavy (non-hydrogen) atoms. The molecule has 0 aliphatic carbocycles. The van der Waals surface area contributed by atoms with Gasteiger partial charge in [0.1, 0.15) is 17.0 Å². The molecule has 1 amide bonds. The summed E-state index contributed by atoms with van der Waals surface area (Å²) in [4.78, 5) is 26.9. The van der Waals surface area contributed by atoms with Crippen molar-refractivity contribution in [2.75, 3.05) is 11.9 Å². The second-order valence-electron chi connectivity index (χ2n) is 4.34. The van der Waals surface area contributed by atoms with Gasteiger partial charge in [-0.3, -0.25) is 4.79 Å². The van der Waals surface area contributed by atoms with Crippen LogP contribution in [0.15, 0.2) is 18.3 Å². The average molecular weight is 250 g/mol. The number of anilines is 1. The topological polar surface area (TPSA) is 88.5 Å². The second kappa shape index (κ2) is 4.73. The third-order valence-electron chi connectivity index (χ3n) is 2.97.